The SMILES string of the molecule is Cc1cccc(Nc2cc(CC3CCCN(C(=O)C=Cc4csc(C)n4)C3)ncn2)n1. The van der Waals surface area contributed by atoms with Gasteiger partial charge in [-0.2, -0.15) is 0 Å². The summed E-state index contributed by atoms with van der Waals surface area (Å²) in [6.45, 7) is 5.46. The molecular weight excluding hydrogens is 408 g/mol. The number of anilines is 2. The van der Waals surface area contributed by atoms with Crippen LogP contribution in [-0.4, -0.2) is 43.8 Å². The van der Waals surface area contributed by atoms with E-state index in [4.69, 9.17) is 0 Å². The Morgan fingerprint density at radius 3 is 2.97 bits per heavy atom. The fraction of sp³-hybridized carbons (Fsp3) is 0.348. The summed E-state index contributed by atoms with van der Waals surface area (Å²) in [5, 5.41) is 6.21. The second-order valence-electron chi connectivity index (χ2n) is 7.81. The maximum Gasteiger partial charge on any atom is 0.246 e. The van der Waals surface area contributed by atoms with E-state index in [2.05, 4.69) is 25.3 Å². The number of hydrogen-bond acceptors (Lipinski definition) is 7. The van der Waals surface area contributed by atoms with Gasteiger partial charge in [0, 0.05) is 42.0 Å². The molecule has 31 heavy (non-hydrogen) atoms. The van der Waals surface area contributed by atoms with Crippen molar-refractivity contribution in [3.8, 4) is 0 Å². The van der Waals surface area contributed by atoms with Crippen molar-refractivity contribution >= 4 is 35.0 Å². The number of rotatable bonds is 6. The average Bonchev–Trinajstić information content (AvgIpc) is 3.18. The van der Waals surface area contributed by atoms with Gasteiger partial charge in [-0.15, -0.1) is 11.3 Å². The standard InChI is InChI=1S/C23H26N6OS/c1-16-5-3-7-21(26-16)28-22-12-20(24-15-25-22)11-18-6-4-10-29(13-18)23(30)9-8-19-14-31-17(2)27-19/h3,5,7-9,12,14-15,18H,4,6,10-11,13H2,1-2H3,(H,24,25,26,28). The van der Waals surface area contributed by atoms with E-state index in [1.165, 1.54) is 0 Å². The van der Waals surface area contributed by atoms with Gasteiger partial charge in [0.25, 0.3) is 0 Å². The molecule has 8 heteroatoms. The van der Waals surface area contributed by atoms with E-state index in [0.717, 1.165) is 66.1 Å². The quantitative estimate of drug-likeness (QED) is 0.586. The molecule has 0 bridgehead atoms. The van der Waals surface area contributed by atoms with Gasteiger partial charge in [0.1, 0.15) is 18.0 Å². The van der Waals surface area contributed by atoms with Crippen molar-refractivity contribution in [1.29, 1.82) is 0 Å². The van der Waals surface area contributed by atoms with Crippen LogP contribution in [0.15, 0.2) is 42.0 Å². The highest BCUT2D eigenvalue weighted by molar-refractivity contribution is 7.09. The number of thiazole rings is 1. The number of amides is 1. The topological polar surface area (TPSA) is 83.9 Å². The van der Waals surface area contributed by atoms with Crippen LogP contribution < -0.4 is 5.32 Å². The molecule has 3 aromatic rings. The third-order valence-electron chi connectivity index (χ3n) is 5.23. The Balaban J connectivity index is 1.36. The first-order chi connectivity index (χ1) is 15.0. The normalized spacial score (nSPS) is 16.6. The number of pyridine rings is 1. The second-order valence-corrected chi connectivity index (χ2v) is 8.87. The molecule has 1 amide bonds. The molecule has 4 heterocycles. The van der Waals surface area contributed by atoms with Crippen molar-refractivity contribution in [2.24, 2.45) is 5.92 Å². The lowest BCUT2D eigenvalue weighted by molar-refractivity contribution is -0.127. The summed E-state index contributed by atoms with van der Waals surface area (Å²) in [6.07, 6.45) is 7.93. The third kappa shape index (κ3) is 5.95. The first-order valence-corrected chi connectivity index (χ1v) is 11.3. The van der Waals surface area contributed by atoms with E-state index in [1.807, 2.05) is 48.4 Å². The second kappa shape index (κ2) is 9.78. The predicted octanol–water partition coefficient (Wildman–Crippen LogP) is 4.18. The molecule has 1 aliphatic rings. The van der Waals surface area contributed by atoms with Gasteiger partial charge in [-0.3, -0.25) is 4.79 Å². The van der Waals surface area contributed by atoms with Crippen molar-refractivity contribution in [3.63, 3.8) is 0 Å². The van der Waals surface area contributed by atoms with Gasteiger partial charge in [-0.25, -0.2) is 19.9 Å². The predicted molar refractivity (Wildman–Crippen MR) is 123 cm³/mol. The van der Waals surface area contributed by atoms with Crippen LogP contribution in [0.1, 0.15) is 34.9 Å². The Morgan fingerprint density at radius 2 is 2.16 bits per heavy atom. The minimum Gasteiger partial charge on any atom is -0.339 e. The van der Waals surface area contributed by atoms with Crippen LogP contribution in [0.5, 0.6) is 0 Å². The lowest BCUT2D eigenvalue weighted by Gasteiger charge is -2.32. The lowest BCUT2D eigenvalue weighted by atomic mass is 9.93. The minimum atomic E-state index is 0.0471. The number of aromatic nitrogens is 4. The molecular formula is C23H26N6OS. The van der Waals surface area contributed by atoms with Gasteiger partial charge >= 0.3 is 0 Å². The third-order valence-corrected chi connectivity index (χ3v) is 6.02. The van der Waals surface area contributed by atoms with Gasteiger partial charge in [-0.1, -0.05) is 6.07 Å². The number of nitrogens with zero attached hydrogens (tertiary/aromatic N) is 5. The Hall–Kier alpha value is -3.13. The molecule has 1 atom stereocenters. The number of carbonyl (C=O) groups excluding carboxylic acids is 1. The van der Waals surface area contributed by atoms with E-state index in [-0.39, 0.29) is 5.91 Å². The van der Waals surface area contributed by atoms with Gasteiger partial charge in [-0.05, 0) is 57.2 Å². The molecule has 1 unspecified atom stereocenters. The number of likely N-dealkylation sites (tertiary alicyclic amines) is 1. The first kappa shape index (κ1) is 21.1. The highest BCUT2D eigenvalue weighted by Gasteiger charge is 2.23. The zero-order chi connectivity index (χ0) is 21.6. The molecule has 0 spiro atoms. The molecule has 1 saturated heterocycles. The van der Waals surface area contributed by atoms with Crippen molar-refractivity contribution in [2.75, 3.05) is 18.4 Å². The fourth-order valence-electron chi connectivity index (χ4n) is 3.77. The molecule has 1 fully saturated rings. The molecule has 0 radical (unpaired) electrons. The van der Waals surface area contributed by atoms with E-state index in [1.54, 1.807) is 29.8 Å². The highest BCUT2D eigenvalue weighted by Crippen LogP contribution is 2.22. The average molecular weight is 435 g/mol. The summed E-state index contributed by atoms with van der Waals surface area (Å²) < 4.78 is 0. The fourth-order valence-corrected chi connectivity index (χ4v) is 4.35. The van der Waals surface area contributed by atoms with Gasteiger partial charge < -0.3 is 10.2 Å². The molecule has 160 valence electrons. The molecule has 0 aromatic carbocycles. The summed E-state index contributed by atoms with van der Waals surface area (Å²) in [5.41, 5.74) is 2.76. The van der Waals surface area contributed by atoms with Crippen LogP contribution in [0.25, 0.3) is 6.08 Å². The summed E-state index contributed by atoms with van der Waals surface area (Å²) in [5.74, 6) is 1.92. The molecule has 1 aliphatic heterocycles. The Bertz CT molecular complexity index is 1080. The van der Waals surface area contributed by atoms with Crippen LogP contribution in [0.3, 0.4) is 0 Å². The molecule has 4 rings (SSSR count). The lowest BCUT2D eigenvalue weighted by Crippen LogP contribution is -2.39. The van der Waals surface area contributed by atoms with E-state index >= 15 is 0 Å². The summed E-state index contributed by atoms with van der Waals surface area (Å²) in [4.78, 5) is 32.2. The number of aryl methyl sites for hydroxylation is 2. The van der Waals surface area contributed by atoms with E-state index in [0.29, 0.717) is 5.92 Å². The van der Waals surface area contributed by atoms with Crippen LogP contribution in [0, 0.1) is 19.8 Å². The monoisotopic (exact) mass is 434 g/mol. The molecule has 0 aliphatic carbocycles. The van der Waals surface area contributed by atoms with Gasteiger partial charge in [0.05, 0.1) is 10.7 Å². The Kier molecular flexibility index (Phi) is 6.66. The largest absolute Gasteiger partial charge is 0.339 e. The molecule has 1 N–H and O–H groups in total. The van der Waals surface area contributed by atoms with Crippen molar-refractivity contribution in [1.82, 2.24) is 24.8 Å². The summed E-state index contributed by atoms with van der Waals surface area (Å²) in [7, 11) is 0. The van der Waals surface area contributed by atoms with Gasteiger partial charge in [0.2, 0.25) is 5.91 Å². The first-order valence-electron chi connectivity index (χ1n) is 10.5. The van der Waals surface area contributed by atoms with Crippen LogP contribution in [0.2, 0.25) is 0 Å². The summed E-state index contributed by atoms with van der Waals surface area (Å²) >= 11 is 1.59. The smallest absolute Gasteiger partial charge is 0.246 e. The Morgan fingerprint density at radius 1 is 1.26 bits per heavy atom. The van der Waals surface area contributed by atoms with Crippen LogP contribution >= 0.6 is 11.3 Å². The number of carbonyl (C=O) groups is 1. The highest BCUT2D eigenvalue weighted by atomic mass is 32.1. The zero-order valence-corrected chi connectivity index (χ0v) is 18.6. The van der Waals surface area contributed by atoms with Gasteiger partial charge in [0.15, 0.2) is 0 Å². The van der Waals surface area contributed by atoms with E-state index in [9.17, 15) is 4.79 Å². The number of piperidine rings is 1. The van der Waals surface area contributed by atoms with Crippen molar-refractivity contribution < 1.29 is 4.79 Å². The zero-order valence-electron chi connectivity index (χ0n) is 17.8. The summed E-state index contributed by atoms with van der Waals surface area (Å²) in [6, 6.07) is 7.80. The maximum atomic E-state index is 12.6. The van der Waals surface area contributed by atoms with Crippen LogP contribution in [-0.2, 0) is 11.2 Å². The maximum absolute atomic E-state index is 12.6. The number of nitrogens with one attached hydrogen (secondary N) is 1. The van der Waals surface area contributed by atoms with E-state index < -0.39 is 0 Å². The molecule has 7 nitrogen and oxygen atoms in total. The molecule has 0 saturated carbocycles. The molecule has 3 aromatic heterocycles. The van der Waals surface area contributed by atoms with Crippen molar-refractivity contribution in [2.45, 2.75) is 33.1 Å². The van der Waals surface area contributed by atoms with Crippen molar-refractivity contribution in [3.05, 3.63) is 64.1 Å². The van der Waals surface area contributed by atoms with Crippen LogP contribution in [0.4, 0.5) is 11.6 Å². The number of hydrogen-bond donors (Lipinski definition) is 1. The minimum absolute atomic E-state index is 0.0471. The Labute approximate surface area is 186 Å².